The summed E-state index contributed by atoms with van der Waals surface area (Å²) in [6, 6.07) is 52.6. The second-order valence-corrected chi connectivity index (χ2v) is 14.0. The van der Waals surface area contributed by atoms with Crippen LogP contribution in [-0.4, -0.2) is 18.9 Å². The Hall–Kier alpha value is -6.30. The van der Waals surface area contributed by atoms with Gasteiger partial charge >= 0.3 is 0 Å². The Kier molecular flexibility index (Phi) is 4.83. The van der Waals surface area contributed by atoms with Crippen LogP contribution in [0, 0.1) is 0 Å². The Morgan fingerprint density at radius 3 is 1.98 bits per heavy atom. The largest absolute Gasteiger partial charge is 0.308 e. The third-order valence-corrected chi connectivity index (χ3v) is 11.6. The first kappa shape index (κ1) is 25.7. The molecule has 5 aromatic heterocycles. The average molecular weight is 641 g/mol. The molecule has 226 valence electrons. The number of rotatable bonds is 2. The lowest BCUT2D eigenvalue weighted by Gasteiger charge is -2.10. The molecular weight excluding hydrogens is 617 g/mol. The van der Waals surface area contributed by atoms with Gasteiger partial charge in [0.1, 0.15) is 0 Å². The van der Waals surface area contributed by atoms with Crippen LogP contribution in [0.4, 0.5) is 0 Å². The molecule has 7 aromatic carbocycles. The van der Waals surface area contributed by atoms with Gasteiger partial charge in [0.2, 0.25) is 5.95 Å². The van der Waals surface area contributed by atoms with E-state index in [4.69, 9.17) is 9.97 Å². The fraction of sp³-hybridized carbons (Fsp3) is 0. The number of para-hydroxylation sites is 2. The highest BCUT2D eigenvalue weighted by Gasteiger charge is 2.26. The van der Waals surface area contributed by atoms with E-state index in [0.29, 0.717) is 5.95 Å². The lowest BCUT2D eigenvalue weighted by atomic mass is 10.0. The van der Waals surface area contributed by atoms with E-state index in [1.165, 1.54) is 64.3 Å². The highest BCUT2D eigenvalue weighted by atomic mass is 32.1. The molecule has 5 heterocycles. The van der Waals surface area contributed by atoms with E-state index in [1.807, 2.05) is 0 Å². The summed E-state index contributed by atoms with van der Waals surface area (Å²) in [5.74, 6) is 0.688. The molecule has 4 nitrogen and oxygen atoms in total. The van der Waals surface area contributed by atoms with Gasteiger partial charge in [0.15, 0.2) is 0 Å². The van der Waals surface area contributed by atoms with E-state index >= 15 is 0 Å². The quantitative estimate of drug-likeness (QED) is 0.188. The summed E-state index contributed by atoms with van der Waals surface area (Å²) in [6.45, 7) is 0. The second-order valence-electron chi connectivity index (χ2n) is 13.0. The van der Waals surface area contributed by atoms with Crippen LogP contribution in [0.5, 0.6) is 0 Å². The maximum atomic E-state index is 5.45. The van der Waals surface area contributed by atoms with Gasteiger partial charge in [-0.2, -0.15) is 0 Å². The molecule has 0 spiro atoms. The first-order valence-electron chi connectivity index (χ1n) is 16.6. The van der Waals surface area contributed by atoms with Gasteiger partial charge in [-0.1, -0.05) is 109 Å². The predicted octanol–water partition coefficient (Wildman–Crippen LogP) is 11.9. The molecule has 0 N–H and O–H groups in total. The lowest BCUT2D eigenvalue weighted by molar-refractivity contribution is 1.02. The van der Waals surface area contributed by atoms with Crippen LogP contribution in [0.1, 0.15) is 0 Å². The molecule has 49 heavy (non-hydrogen) atoms. The summed E-state index contributed by atoms with van der Waals surface area (Å²) >= 11 is 1.77. The number of nitrogens with zero attached hydrogens (tertiary/aromatic N) is 4. The minimum Gasteiger partial charge on any atom is -0.308 e. The lowest BCUT2D eigenvalue weighted by Crippen LogP contribution is -2.02. The van der Waals surface area contributed by atoms with Gasteiger partial charge in [-0.3, -0.25) is 4.57 Å². The molecule has 0 aliphatic heterocycles. The number of aromatic nitrogens is 4. The third kappa shape index (κ3) is 3.27. The maximum Gasteiger partial charge on any atom is 0.235 e. The van der Waals surface area contributed by atoms with Crippen molar-refractivity contribution < 1.29 is 0 Å². The molecular formula is C44H24N4S. The van der Waals surface area contributed by atoms with Crippen molar-refractivity contribution >= 4 is 102 Å². The van der Waals surface area contributed by atoms with Crippen molar-refractivity contribution in [3.63, 3.8) is 0 Å². The zero-order chi connectivity index (χ0) is 31.8. The van der Waals surface area contributed by atoms with Crippen molar-refractivity contribution in [3.8, 4) is 17.2 Å². The summed E-state index contributed by atoms with van der Waals surface area (Å²) in [5.41, 5.74) is 9.00. The molecule has 0 saturated heterocycles. The molecule has 0 saturated carbocycles. The Labute approximate surface area is 283 Å². The first-order chi connectivity index (χ1) is 24.3. The van der Waals surface area contributed by atoms with Gasteiger partial charge in [-0.15, -0.1) is 11.3 Å². The number of hydrogen-bond acceptors (Lipinski definition) is 3. The van der Waals surface area contributed by atoms with Gasteiger partial charge in [0.25, 0.3) is 0 Å². The van der Waals surface area contributed by atoms with Gasteiger partial charge in [0, 0.05) is 48.0 Å². The fourth-order valence-electron chi connectivity index (χ4n) is 8.38. The molecule has 0 radical (unpaired) electrons. The average Bonchev–Trinajstić information content (AvgIpc) is 3.89. The van der Waals surface area contributed by atoms with Gasteiger partial charge in [-0.25, -0.2) is 9.97 Å². The molecule has 0 fully saturated rings. The first-order valence-corrected chi connectivity index (χ1v) is 17.4. The number of hydrogen-bond donors (Lipinski definition) is 0. The van der Waals surface area contributed by atoms with Crippen LogP contribution >= 0.6 is 11.3 Å². The normalized spacial score (nSPS) is 12.5. The van der Waals surface area contributed by atoms with Crippen molar-refractivity contribution in [2.75, 3.05) is 0 Å². The van der Waals surface area contributed by atoms with Crippen LogP contribution in [0.2, 0.25) is 0 Å². The monoisotopic (exact) mass is 640 g/mol. The molecule has 0 amide bonds. The zero-order valence-corrected chi connectivity index (χ0v) is 26.9. The summed E-state index contributed by atoms with van der Waals surface area (Å²) in [6.07, 6.45) is 0. The third-order valence-electron chi connectivity index (χ3n) is 10.4. The number of fused-ring (bicyclic) bond motifs is 14. The molecule has 12 rings (SSSR count). The van der Waals surface area contributed by atoms with E-state index in [-0.39, 0.29) is 0 Å². The highest BCUT2D eigenvalue weighted by molar-refractivity contribution is 7.26. The second kappa shape index (κ2) is 9.19. The van der Waals surface area contributed by atoms with Gasteiger partial charge in [-0.05, 0) is 47.2 Å². The minimum absolute atomic E-state index is 0.688. The van der Waals surface area contributed by atoms with Crippen molar-refractivity contribution in [2.24, 2.45) is 0 Å². The van der Waals surface area contributed by atoms with E-state index in [9.17, 15) is 0 Å². The van der Waals surface area contributed by atoms with Crippen LogP contribution in [-0.2, 0) is 0 Å². The standard InChI is InChI=1S/C44H24N4S/c1-2-12-25(13-3-1)40-43-41(30-18-8-11-21-37(30)49-43)46-44(45-40)48-34-20-10-6-16-28(34)38-36(48)24-32-31-22-26-14-4-5-15-27(26)23-35(31)47-33-19-9-7-17-29(33)39(38)42(32)47/h1-24H. The minimum atomic E-state index is 0.688. The molecule has 0 atom stereocenters. The number of thiophene rings is 1. The molecule has 0 aliphatic carbocycles. The molecule has 12 aromatic rings. The molecule has 0 bridgehead atoms. The smallest absolute Gasteiger partial charge is 0.235 e. The van der Waals surface area contributed by atoms with E-state index in [0.717, 1.165) is 37.9 Å². The Balaban J connectivity index is 1.31. The van der Waals surface area contributed by atoms with E-state index in [2.05, 4.69) is 155 Å². The van der Waals surface area contributed by atoms with Crippen molar-refractivity contribution in [1.29, 1.82) is 0 Å². The number of benzene rings is 7. The van der Waals surface area contributed by atoms with Crippen LogP contribution in [0.3, 0.4) is 0 Å². The van der Waals surface area contributed by atoms with Gasteiger partial charge in [0.05, 0.1) is 43.5 Å². The van der Waals surface area contributed by atoms with Crippen molar-refractivity contribution in [1.82, 2.24) is 18.9 Å². The van der Waals surface area contributed by atoms with E-state index in [1.54, 1.807) is 11.3 Å². The molecule has 0 aliphatic rings. The summed E-state index contributed by atoms with van der Waals surface area (Å²) in [5, 5.41) is 11.1. The SMILES string of the molecule is c1ccc(-c2nc(-n3c4ccccc4c4c5c6ccccc6n6c7cc8ccccc8cc7c(cc43)c56)nc3c2sc2ccccc23)cc1. The van der Waals surface area contributed by atoms with Gasteiger partial charge < -0.3 is 4.40 Å². The van der Waals surface area contributed by atoms with E-state index < -0.39 is 0 Å². The highest BCUT2D eigenvalue weighted by Crippen LogP contribution is 2.47. The summed E-state index contributed by atoms with van der Waals surface area (Å²) in [4.78, 5) is 10.9. The van der Waals surface area contributed by atoms with Crippen LogP contribution < -0.4 is 0 Å². The topological polar surface area (TPSA) is 35.1 Å². The maximum absolute atomic E-state index is 5.45. The summed E-state index contributed by atoms with van der Waals surface area (Å²) in [7, 11) is 0. The predicted molar refractivity (Wildman–Crippen MR) is 207 cm³/mol. The van der Waals surface area contributed by atoms with Crippen LogP contribution in [0.25, 0.3) is 108 Å². The Bertz CT molecular complexity index is 3330. The summed E-state index contributed by atoms with van der Waals surface area (Å²) < 4.78 is 7.13. The van der Waals surface area contributed by atoms with Crippen molar-refractivity contribution in [3.05, 3.63) is 146 Å². The van der Waals surface area contributed by atoms with Crippen molar-refractivity contribution in [2.45, 2.75) is 0 Å². The fourth-order valence-corrected chi connectivity index (χ4v) is 9.54. The zero-order valence-electron chi connectivity index (χ0n) is 26.1. The molecule has 5 heteroatoms. The Morgan fingerprint density at radius 1 is 0.469 bits per heavy atom. The molecule has 0 unspecified atom stereocenters. The van der Waals surface area contributed by atoms with Crippen LogP contribution in [0.15, 0.2) is 146 Å². The Morgan fingerprint density at radius 2 is 1.14 bits per heavy atom.